The quantitative estimate of drug-likeness (QED) is 0.527. The van der Waals surface area contributed by atoms with E-state index < -0.39 is 37.0 Å². The van der Waals surface area contributed by atoms with Gasteiger partial charge in [-0.1, -0.05) is 17.7 Å². The lowest BCUT2D eigenvalue weighted by molar-refractivity contribution is -0.384. The van der Waals surface area contributed by atoms with Crippen LogP contribution >= 0.6 is 11.6 Å². The van der Waals surface area contributed by atoms with E-state index in [0.29, 0.717) is 0 Å². The zero-order chi connectivity index (χ0) is 15.6. The van der Waals surface area contributed by atoms with Crippen LogP contribution in [0.5, 0.6) is 0 Å². The number of benzene rings is 1. The summed E-state index contributed by atoms with van der Waals surface area (Å²) in [5.41, 5.74) is -1.47. The van der Waals surface area contributed by atoms with Crippen LogP contribution in [0.1, 0.15) is 0 Å². The number of para-hydroxylation sites is 1. The lowest BCUT2D eigenvalue weighted by Gasteiger charge is -2.09. The van der Waals surface area contributed by atoms with E-state index in [0.717, 1.165) is 24.3 Å². The average molecular weight is 332 g/mol. The maximum absolute atomic E-state index is 13.7. The largest absolute Gasteiger partial charge is 0.296 e. The molecule has 21 heavy (non-hydrogen) atoms. The van der Waals surface area contributed by atoms with Crippen molar-refractivity contribution >= 4 is 33.0 Å². The smallest absolute Gasteiger partial charge is 0.270 e. The summed E-state index contributed by atoms with van der Waals surface area (Å²) in [5.74, 6) is -1.08. The summed E-state index contributed by atoms with van der Waals surface area (Å²) in [6.45, 7) is 0. The van der Waals surface area contributed by atoms with Gasteiger partial charge < -0.3 is 0 Å². The highest BCUT2D eigenvalue weighted by Crippen LogP contribution is 2.30. The highest BCUT2D eigenvalue weighted by atomic mass is 35.5. The van der Waals surface area contributed by atoms with E-state index in [9.17, 15) is 22.9 Å². The molecule has 7 nitrogen and oxygen atoms in total. The van der Waals surface area contributed by atoms with Gasteiger partial charge in [0.2, 0.25) is 0 Å². The fraction of sp³-hybridized carbons (Fsp3) is 0. The van der Waals surface area contributed by atoms with Crippen LogP contribution in [0, 0.1) is 15.9 Å². The van der Waals surface area contributed by atoms with Gasteiger partial charge in [-0.15, -0.1) is 0 Å². The van der Waals surface area contributed by atoms with Crippen molar-refractivity contribution in [3.63, 3.8) is 0 Å². The number of anilines is 1. The average Bonchev–Trinajstić information content (AvgIpc) is 2.41. The maximum atomic E-state index is 13.7. The molecule has 1 aromatic carbocycles. The summed E-state index contributed by atoms with van der Waals surface area (Å²) < 4.78 is 39.8. The number of rotatable bonds is 4. The Bertz CT molecular complexity index is 813. The molecular formula is C11H7ClFN3O4S. The van der Waals surface area contributed by atoms with E-state index in [-0.39, 0.29) is 5.15 Å². The van der Waals surface area contributed by atoms with Gasteiger partial charge in [-0.25, -0.2) is 17.8 Å². The van der Waals surface area contributed by atoms with Crippen molar-refractivity contribution in [2.75, 3.05) is 4.72 Å². The number of nitrogens with one attached hydrogen (secondary N) is 1. The van der Waals surface area contributed by atoms with Crippen LogP contribution < -0.4 is 4.72 Å². The minimum atomic E-state index is -4.31. The second-order valence-corrected chi connectivity index (χ2v) is 5.80. The zero-order valence-corrected chi connectivity index (χ0v) is 11.7. The van der Waals surface area contributed by atoms with Gasteiger partial charge in [0, 0.05) is 12.3 Å². The van der Waals surface area contributed by atoms with Gasteiger partial charge in [0.15, 0.2) is 11.5 Å². The van der Waals surface area contributed by atoms with Gasteiger partial charge in [-0.2, -0.15) is 0 Å². The molecule has 1 N–H and O–H groups in total. The molecule has 2 rings (SSSR count). The SMILES string of the molecule is O=[N+]([O-])c1cccc(F)c1NS(=O)(=O)c1cccnc1Cl. The lowest BCUT2D eigenvalue weighted by atomic mass is 10.2. The molecular weight excluding hydrogens is 325 g/mol. The molecule has 0 bridgehead atoms. The Balaban J connectivity index is 2.52. The van der Waals surface area contributed by atoms with Crippen LogP contribution in [-0.2, 0) is 10.0 Å². The Morgan fingerprint density at radius 2 is 2.00 bits per heavy atom. The minimum absolute atomic E-state index is 0.330. The number of hydrogen-bond donors (Lipinski definition) is 1. The van der Waals surface area contributed by atoms with E-state index in [1.165, 1.54) is 12.3 Å². The van der Waals surface area contributed by atoms with Crippen molar-refractivity contribution in [2.45, 2.75) is 4.90 Å². The van der Waals surface area contributed by atoms with E-state index in [1.54, 1.807) is 0 Å². The van der Waals surface area contributed by atoms with Crippen LogP contribution in [0.2, 0.25) is 5.15 Å². The van der Waals surface area contributed by atoms with Gasteiger partial charge in [0.25, 0.3) is 15.7 Å². The van der Waals surface area contributed by atoms with E-state index in [4.69, 9.17) is 11.6 Å². The first-order chi connectivity index (χ1) is 9.83. The van der Waals surface area contributed by atoms with Crippen LogP contribution in [0.3, 0.4) is 0 Å². The number of nitro groups is 1. The molecule has 2 aromatic rings. The first-order valence-corrected chi connectivity index (χ1v) is 7.25. The summed E-state index contributed by atoms with van der Waals surface area (Å²) in [4.78, 5) is 13.1. The molecule has 0 saturated carbocycles. The van der Waals surface area contributed by atoms with Crippen molar-refractivity contribution in [1.82, 2.24) is 4.98 Å². The monoisotopic (exact) mass is 331 g/mol. The first-order valence-electron chi connectivity index (χ1n) is 5.39. The summed E-state index contributed by atoms with van der Waals surface area (Å²) in [6, 6.07) is 5.43. The molecule has 1 heterocycles. The van der Waals surface area contributed by atoms with E-state index in [2.05, 4.69) is 4.98 Å². The Morgan fingerprint density at radius 1 is 1.29 bits per heavy atom. The number of nitro benzene ring substituents is 1. The van der Waals surface area contributed by atoms with Gasteiger partial charge in [0.05, 0.1) is 4.92 Å². The van der Waals surface area contributed by atoms with Gasteiger partial charge in [-0.3, -0.25) is 14.8 Å². The molecule has 0 radical (unpaired) electrons. The molecule has 0 aliphatic heterocycles. The van der Waals surface area contributed by atoms with Crippen molar-refractivity contribution < 1.29 is 17.7 Å². The van der Waals surface area contributed by atoms with Gasteiger partial charge in [0.1, 0.15) is 10.0 Å². The molecule has 0 aliphatic rings. The van der Waals surface area contributed by atoms with Crippen molar-refractivity contribution in [3.8, 4) is 0 Å². The number of hydrogen-bond acceptors (Lipinski definition) is 5. The Hall–Kier alpha value is -2.26. The molecule has 0 unspecified atom stereocenters. The Kier molecular flexibility index (Phi) is 4.05. The zero-order valence-electron chi connectivity index (χ0n) is 10.2. The van der Waals surface area contributed by atoms with Crippen molar-refractivity contribution in [1.29, 1.82) is 0 Å². The van der Waals surface area contributed by atoms with E-state index in [1.807, 2.05) is 4.72 Å². The molecule has 0 aliphatic carbocycles. The summed E-state index contributed by atoms with van der Waals surface area (Å²) >= 11 is 5.66. The lowest BCUT2D eigenvalue weighted by Crippen LogP contribution is -2.16. The number of sulfonamides is 1. The minimum Gasteiger partial charge on any atom is -0.270 e. The predicted octanol–water partition coefficient (Wildman–Crippen LogP) is 2.58. The fourth-order valence-electron chi connectivity index (χ4n) is 1.53. The molecule has 0 spiro atoms. The topological polar surface area (TPSA) is 102 Å². The second kappa shape index (κ2) is 5.62. The van der Waals surface area contributed by atoms with Gasteiger partial charge in [-0.05, 0) is 18.2 Å². The van der Waals surface area contributed by atoms with Crippen LogP contribution in [0.25, 0.3) is 0 Å². The third kappa shape index (κ3) is 3.09. The number of nitrogens with zero attached hydrogens (tertiary/aromatic N) is 2. The fourth-order valence-corrected chi connectivity index (χ4v) is 3.06. The molecule has 1 aromatic heterocycles. The first kappa shape index (κ1) is 15.1. The Labute approximate surface area is 123 Å². The summed E-state index contributed by atoms with van der Waals surface area (Å²) in [7, 11) is -4.31. The number of halogens is 2. The molecule has 0 fully saturated rings. The molecule has 10 heteroatoms. The number of aromatic nitrogens is 1. The van der Waals surface area contributed by atoms with Crippen molar-refractivity contribution in [3.05, 3.63) is 57.6 Å². The van der Waals surface area contributed by atoms with Crippen molar-refractivity contribution in [2.24, 2.45) is 0 Å². The predicted molar refractivity (Wildman–Crippen MR) is 73.1 cm³/mol. The second-order valence-electron chi connectivity index (χ2n) is 3.79. The molecule has 110 valence electrons. The van der Waals surface area contributed by atoms with Crippen LogP contribution in [-0.4, -0.2) is 18.3 Å². The summed E-state index contributed by atoms with van der Waals surface area (Å²) in [5, 5.41) is 10.5. The number of pyridine rings is 1. The molecule has 0 atom stereocenters. The summed E-state index contributed by atoms with van der Waals surface area (Å²) in [6.07, 6.45) is 1.27. The highest BCUT2D eigenvalue weighted by molar-refractivity contribution is 7.92. The standard InChI is InChI=1S/C11H7ClFN3O4S/c12-11-9(5-2-6-14-11)21(19,20)15-10-7(13)3-1-4-8(10)16(17)18/h1-6,15H. The third-order valence-corrected chi connectivity index (χ3v) is 4.23. The van der Waals surface area contributed by atoms with E-state index >= 15 is 0 Å². The van der Waals surface area contributed by atoms with Crippen LogP contribution in [0.15, 0.2) is 41.4 Å². The molecule has 0 amide bonds. The normalized spacial score (nSPS) is 11.1. The third-order valence-electron chi connectivity index (χ3n) is 2.44. The maximum Gasteiger partial charge on any atom is 0.296 e. The van der Waals surface area contributed by atoms with Gasteiger partial charge >= 0.3 is 0 Å². The molecule has 0 saturated heterocycles. The highest BCUT2D eigenvalue weighted by Gasteiger charge is 2.25. The Morgan fingerprint density at radius 3 is 2.62 bits per heavy atom. The van der Waals surface area contributed by atoms with Crippen LogP contribution in [0.4, 0.5) is 15.8 Å².